The first-order valence-electron chi connectivity index (χ1n) is 22.0. The second kappa shape index (κ2) is 27.9. The first kappa shape index (κ1) is 60.3. The quantitative estimate of drug-likeness (QED) is 0.0476. The summed E-state index contributed by atoms with van der Waals surface area (Å²) in [6, 6.07) is 12.4. The van der Waals surface area contributed by atoms with Crippen molar-refractivity contribution >= 4 is 58.9 Å². The fraction of sp³-hybridized carbons (Fsp3) is 0.348. The average molecular weight is 1170 g/mol. The Morgan fingerprint density at radius 2 is 1.09 bits per heavy atom. The molecule has 26 nitrogen and oxygen atoms in total. The number of phenolic OH excluding ortho intramolecular Hbond substituents is 2. The molecule has 2 aromatic carbocycles. The Morgan fingerprint density at radius 3 is 1.49 bits per heavy atom. The molecule has 2 atom stereocenters. The van der Waals surface area contributed by atoms with E-state index in [-0.39, 0.29) is 118 Å². The topological polar surface area (TPSA) is 389 Å². The Morgan fingerprint density at radius 1 is 0.662 bits per heavy atom. The van der Waals surface area contributed by atoms with Crippen molar-refractivity contribution in [3.63, 3.8) is 0 Å². The van der Waals surface area contributed by atoms with Crippen molar-refractivity contribution in [3.8, 4) is 11.5 Å². The SMILES string of the molecule is Cc1c[c-]cc(C(CC(=O)O)NC(=O)CNC(=O)c2cncc(NC3=NCC(O)(O)CN3)c2)c1O.Cc1c[c-]cc(C(CC(=O)O)NC(=O)CNC(=O)c2cncc(NC3=NCC4(CN3)OCCO4)c2)c1O.[Y].[Y]. The van der Waals surface area contributed by atoms with Gasteiger partial charge in [-0.25, -0.2) is 9.98 Å². The molecular formula is C46H52N12O14Y2-2. The molecule has 1 spiro atoms. The van der Waals surface area contributed by atoms with E-state index < -0.39 is 85.2 Å². The summed E-state index contributed by atoms with van der Waals surface area (Å²) in [6.45, 7) is 3.81. The third-order valence-corrected chi connectivity index (χ3v) is 10.7. The van der Waals surface area contributed by atoms with Gasteiger partial charge in [-0.1, -0.05) is 25.0 Å². The number of aliphatic imine (C=N–C) groups is 2. The van der Waals surface area contributed by atoms with Gasteiger partial charge in [-0.3, -0.25) is 38.7 Å². The largest absolute Gasteiger partial charge is 0.533 e. The molecule has 14 N–H and O–H groups in total. The number of amides is 4. The van der Waals surface area contributed by atoms with Crippen molar-refractivity contribution in [3.05, 3.63) is 107 Å². The van der Waals surface area contributed by atoms with Crippen molar-refractivity contribution in [1.29, 1.82) is 0 Å². The summed E-state index contributed by atoms with van der Waals surface area (Å²) in [7, 11) is 0. The molecule has 1 fully saturated rings. The standard InChI is InChI=1S/C24H27N6O7.C22H25N6O7.2Y/c1-14-3-2-4-17(21(14)34)18(8-20(32)33)30-19(31)11-26-22(35)15-7-16(10-25-9-15)29-23-27-12-24(13-28-23)36-5-6-37-24;1-12-3-2-4-15(19(12)32)16(6-18(30)31)28-17(29)9-24-20(33)13-5-14(8-23-7-13)27-21-25-10-22(34,35)11-26-21;;/h3-4,7,9-10,18,34H,5-6,8,11-13H2,1H3,(H,26,35)(H,30,31)(H,32,33)(H2,27,28,29);3-5,7-8,16,32,34-35H,6,9-11H2,1H3,(H,24,33)(H,28,29)(H,30,31)(H2,25,26,27);;/q2*-1;;. The minimum atomic E-state index is -1.94. The van der Waals surface area contributed by atoms with Gasteiger partial charge in [0.1, 0.15) is 0 Å². The molecule has 0 bridgehead atoms. The molecule has 5 heterocycles. The summed E-state index contributed by atoms with van der Waals surface area (Å²) in [4.78, 5) is 88.9. The number of aromatic hydroxyl groups is 2. The van der Waals surface area contributed by atoms with Gasteiger partial charge in [0.05, 0.1) is 100 Å². The van der Waals surface area contributed by atoms with Crippen molar-refractivity contribution in [1.82, 2.24) is 41.9 Å². The molecule has 2 radical (unpaired) electrons. The van der Waals surface area contributed by atoms with Crippen LogP contribution in [0.4, 0.5) is 11.4 Å². The molecule has 28 heteroatoms. The van der Waals surface area contributed by atoms with Gasteiger partial charge < -0.3 is 82.6 Å². The second-order valence-corrected chi connectivity index (χ2v) is 16.5. The van der Waals surface area contributed by atoms with Gasteiger partial charge in [0, 0.05) is 101 Å². The first-order valence-corrected chi connectivity index (χ1v) is 22.0. The number of carboxylic acid groups (broad SMARTS) is 2. The number of benzene rings is 2. The van der Waals surface area contributed by atoms with Crippen LogP contribution in [0.1, 0.15) is 67.9 Å². The summed E-state index contributed by atoms with van der Waals surface area (Å²) in [6.07, 6.45) is 4.64. The number of aliphatic hydroxyl groups is 2. The normalized spacial score (nSPS) is 15.6. The molecule has 4 amide bonds. The van der Waals surface area contributed by atoms with Gasteiger partial charge in [0.15, 0.2) is 11.9 Å². The molecule has 388 valence electrons. The van der Waals surface area contributed by atoms with Crippen molar-refractivity contribution < 1.29 is 134 Å². The van der Waals surface area contributed by atoms with E-state index in [0.29, 0.717) is 54.8 Å². The molecule has 2 aromatic heterocycles. The molecule has 0 aliphatic carbocycles. The number of phenols is 2. The van der Waals surface area contributed by atoms with E-state index in [4.69, 9.17) is 9.47 Å². The molecule has 1 saturated heterocycles. The Labute approximate surface area is 473 Å². The molecule has 74 heavy (non-hydrogen) atoms. The number of hydrogen-bond donors (Lipinski definition) is 14. The maximum Gasteiger partial charge on any atom is 0.304 e. The number of ether oxygens (including phenoxy) is 2. The van der Waals surface area contributed by atoms with Crippen molar-refractivity contribution in [2.75, 3.05) is 63.1 Å². The number of hydrogen-bond acceptors (Lipinski definition) is 20. The number of aliphatic carboxylic acids is 2. The van der Waals surface area contributed by atoms with Gasteiger partial charge >= 0.3 is 11.9 Å². The van der Waals surface area contributed by atoms with Crippen molar-refractivity contribution in [2.45, 2.75) is 50.3 Å². The van der Waals surface area contributed by atoms with Gasteiger partial charge in [-0.2, -0.15) is 36.4 Å². The van der Waals surface area contributed by atoms with Gasteiger partial charge in [-0.15, -0.1) is 11.1 Å². The van der Waals surface area contributed by atoms with Crippen LogP contribution >= 0.6 is 0 Å². The van der Waals surface area contributed by atoms with Gasteiger partial charge in [-0.05, 0) is 12.1 Å². The minimum absolute atomic E-state index is 0. The third-order valence-electron chi connectivity index (χ3n) is 10.7. The van der Waals surface area contributed by atoms with E-state index in [0.717, 1.165) is 0 Å². The van der Waals surface area contributed by atoms with Gasteiger partial charge in [0.2, 0.25) is 23.4 Å². The molecule has 0 saturated carbocycles. The Bertz CT molecular complexity index is 2740. The number of pyridine rings is 2. The number of carbonyl (C=O) groups is 6. The van der Waals surface area contributed by atoms with Crippen molar-refractivity contribution in [2.24, 2.45) is 9.98 Å². The zero-order valence-electron chi connectivity index (χ0n) is 39.9. The zero-order chi connectivity index (χ0) is 52.0. The fourth-order valence-electron chi connectivity index (χ4n) is 7.08. The van der Waals surface area contributed by atoms with Crippen LogP contribution in [0.25, 0.3) is 0 Å². The maximum absolute atomic E-state index is 12.6. The van der Waals surface area contributed by atoms with E-state index in [1.54, 1.807) is 26.0 Å². The van der Waals surface area contributed by atoms with E-state index in [1.807, 2.05) is 0 Å². The number of aryl methyl sites for hydroxylation is 2. The summed E-state index contributed by atoms with van der Waals surface area (Å²) in [5, 5.41) is 79.6. The average Bonchev–Trinajstić information content (AvgIpc) is 3.80. The number of carboxylic acids is 2. The molecule has 4 aromatic rings. The summed E-state index contributed by atoms with van der Waals surface area (Å²) >= 11 is 0. The van der Waals surface area contributed by atoms with E-state index >= 15 is 0 Å². The van der Waals surface area contributed by atoms with Crippen LogP contribution in [-0.4, -0.2) is 152 Å². The first-order chi connectivity index (χ1) is 34.3. The number of anilines is 2. The predicted octanol–water partition coefficient (Wildman–Crippen LogP) is -0.923. The van der Waals surface area contributed by atoms with Gasteiger partial charge in [0.25, 0.3) is 11.8 Å². The number of aromatic nitrogens is 2. The van der Waals surface area contributed by atoms with E-state index in [2.05, 4.69) is 74.6 Å². The minimum Gasteiger partial charge on any atom is -0.533 e. The van der Waals surface area contributed by atoms with Crippen LogP contribution in [0, 0.1) is 26.0 Å². The van der Waals surface area contributed by atoms with Crippen LogP contribution in [-0.2, 0) is 94.1 Å². The van der Waals surface area contributed by atoms with Crippen LogP contribution in [0.5, 0.6) is 11.5 Å². The molecule has 7 rings (SSSR count). The summed E-state index contributed by atoms with van der Waals surface area (Å²) < 4.78 is 11.2. The predicted molar refractivity (Wildman–Crippen MR) is 252 cm³/mol. The van der Waals surface area contributed by atoms with Crippen LogP contribution in [0.3, 0.4) is 0 Å². The monoisotopic (exact) mass is 1170 g/mol. The number of β-amino-alcohol motifs (C(OH)–C–C–N with tert-alkyl or cyclic N) is 2. The number of carbonyl (C=O) groups excluding carboxylic acids is 4. The molecule has 2 unspecified atom stereocenters. The Kier molecular flexibility index (Phi) is 22.7. The maximum atomic E-state index is 12.6. The zero-order valence-corrected chi connectivity index (χ0v) is 45.6. The van der Waals surface area contributed by atoms with E-state index in [9.17, 15) is 59.4 Å². The number of rotatable bonds is 16. The number of nitrogens with zero attached hydrogens (tertiary/aromatic N) is 4. The van der Waals surface area contributed by atoms with Crippen LogP contribution in [0.2, 0.25) is 0 Å². The number of guanidine groups is 2. The fourth-order valence-corrected chi connectivity index (χ4v) is 7.08. The Hall–Kier alpha value is -6.25. The summed E-state index contributed by atoms with van der Waals surface area (Å²) in [5.74, 6) is -7.02. The molecular weight excluding hydrogens is 1120 g/mol. The van der Waals surface area contributed by atoms with Crippen LogP contribution in [0.15, 0.2) is 71.2 Å². The van der Waals surface area contributed by atoms with Crippen LogP contribution < -0.4 is 42.5 Å². The number of nitrogens with one attached hydrogen (secondary N) is 8. The van der Waals surface area contributed by atoms with E-state index in [1.165, 1.54) is 49.1 Å². The second-order valence-electron chi connectivity index (χ2n) is 16.5. The smallest absolute Gasteiger partial charge is 0.304 e. The molecule has 3 aliphatic heterocycles. The third kappa shape index (κ3) is 17.7. The summed E-state index contributed by atoms with van der Waals surface area (Å²) in [5.41, 5.74) is 2.61. The molecule has 3 aliphatic rings. The Balaban J connectivity index is 0.000000313.